The Balaban J connectivity index is 3.56. The van der Waals surface area contributed by atoms with Gasteiger partial charge in [0.05, 0.1) is 6.54 Å². The van der Waals surface area contributed by atoms with Crippen molar-refractivity contribution in [2.24, 2.45) is 0 Å². The van der Waals surface area contributed by atoms with Crippen LogP contribution < -0.4 is 5.32 Å². The summed E-state index contributed by atoms with van der Waals surface area (Å²) in [6, 6.07) is 0. The van der Waals surface area contributed by atoms with Crippen molar-refractivity contribution in [3.8, 4) is 12.3 Å². The van der Waals surface area contributed by atoms with Gasteiger partial charge < -0.3 is 5.32 Å². The Hall–Kier alpha value is -0.520. The zero-order valence-corrected chi connectivity index (χ0v) is 9.35. The lowest BCUT2D eigenvalue weighted by atomic mass is 10.1. The molecule has 0 aromatic carbocycles. The van der Waals surface area contributed by atoms with Crippen LogP contribution in [0.5, 0.6) is 0 Å². The second kappa shape index (κ2) is 6.01. The van der Waals surface area contributed by atoms with E-state index in [0.717, 1.165) is 26.2 Å². The number of hydrogen-bond acceptors (Lipinski definition) is 2. The molecule has 0 amide bonds. The Morgan fingerprint density at radius 3 is 2.38 bits per heavy atom. The largest absolute Gasteiger partial charge is 0.311 e. The van der Waals surface area contributed by atoms with Crippen LogP contribution in [0, 0.1) is 12.3 Å². The maximum Gasteiger partial charge on any atom is 0.0599 e. The van der Waals surface area contributed by atoms with Crippen molar-refractivity contribution < 1.29 is 0 Å². The lowest BCUT2D eigenvalue weighted by Crippen LogP contribution is -2.41. The van der Waals surface area contributed by atoms with Gasteiger partial charge >= 0.3 is 0 Å². The summed E-state index contributed by atoms with van der Waals surface area (Å²) in [5.41, 5.74) is 0.204. The summed E-state index contributed by atoms with van der Waals surface area (Å²) in [5.74, 6) is 2.66. The minimum atomic E-state index is 0.204. The van der Waals surface area contributed by atoms with Gasteiger partial charge in [-0.3, -0.25) is 4.90 Å². The highest BCUT2D eigenvalue weighted by molar-refractivity contribution is 4.88. The third-order valence-corrected chi connectivity index (χ3v) is 1.85. The second-order valence-electron chi connectivity index (χ2n) is 4.25. The molecule has 0 heterocycles. The van der Waals surface area contributed by atoms with Gasteiger partial charge in [0.15, 0.2) is 0 Å². The molecule has 0 saturated carbocycles. The van der Waals surface area contributed by atoms with Gasteiger partial charge in [0.1, 0.15) is 0 Å². The maximum atomic E-state index is 5.25. The Kier molecular flexibility index (Phi) is 5.77. The van der Waals surface area contributed by atoms with Crippen molar-refractivity contribution in [1.29, 1.82) is 0 Å². The van der Waals surface area contributed by atoms with Gasteiger partial charge in [-0.2, -0.15) is 0 Å². The van der Waals surface area contributed by atoms with E-state index in [1.807, 2.05) is 0 Å². The molecule has 2 heteroatoms. The van der Waals surface area contributed by atoms with Crippen LogP contribution in [-0.4, -0.2) is 36.6 Å². The number of hydrogen-bond donors (Lipinski definition) is 1. The molecule has 2 nitrogen and oxygen atoms in total. The SMILES string of the molecule is C#CCN(CC)CCNC(C)(C)C. The zero-order valence-electron chi connectivity index (χ0n) is 9.35. The van der Waals surface area contributed by atoms with Crippen LogP contribution in [0.4, 0.5) is 0 Å². The molecule has 0 aliphatic heterocycles. The van der Waals surface area contributed by atoms with Crippen molar-refractivity contribution in [3.63, 3.8) is 0 Å². The summed E-state index contributed by atoms with van der Waals surface area (Å²) < 4.78 is 0. The van der Waals surface area contributed by atoms with E-state index in [0.29, 0.717) is 0 Å². The number of nitrogens with one attached hydrogen (secondary N) is 1. The summed E-state index contributed by atoms with van der Waals surface area (Å²) in [4.78, 5) is 2.25. The van der Waals surface area contributed by atoms with E-state index in [-0.39, 0.29) is 5.54 Å². The molecule has 0 saturated heterocycles. The molecule has 0 aliphatic carbocycles. The molecule has 0 unspecified atom stereocenters. The van der Waals surface area contributed by atoms with Crippen molar-refractivity contribution >= 4 is 0 Å². The molecule has 0 radical (unpaired) electrons. The van der Waals surface area contributed by atoms with Crippen LogP contribution in [0.2, 0.25) is 0 Å². The van der Waals surface area contributed by atoms with Gasteiger partial charge in [-0.1, -0.05) is 12.8 Å². The van der Waals surface area contributed by atoms with Crippen LogP contribution in [0.3, 0.4) is 0 Å². The van der Waals surface area contributed by atoms with Crippen LogP contribution in [0.15, 0.2) is 0 Å². The fourth-order valence-corrected chi connectivity index (χ4v) is 1.07. The first kappa shape index (κ1) is 12.5. The molecule has 1 N–H and O–H groups in total. The molecule has 0 aromatic heterocycles. The molecule has 0 rings (SSSR count). The van der Waals surface area contributed by atoms with Gasteiger partial charge in [0.2, 0.25) is 0 Å². The van der Waals surface area contributed by atoms with Gasteiger partial charge in [-0.15, -0.1) is 6.42 Å². The third-order valence-electron chi connectivity index (χ3n) is 1.85. The van der Waals surface area contributed by atoms with E-state index in [9.17, 15) is 0 Å². The molecular weight excluding hydrogens is 160 g/mol. The summed E-state index contributed by atoms with van der Waals surface area (Å²) in [7, 11) is 0. The lowest BCUT2D eigenvalue weighted by molar-refractivity contribution is 0.301. The number of rotatable bonds is 5. The van der Waals surface area contributed by atoms with Crippen LogP contribution in [0.25, 0.3) is 0 Å². The molecular formula is C11H22N2. The molecule has 0 aromatic rings. The van der Waals surface area contributed by atoms with Crippen molar-refractivity contribution in [2.75, 3.05) is 26.2 Å². The molecule has 0 atom stereocenters. The van der Waals surface area contributed by atoms with E-state index >= 15 is 0 Å². The number of likely N-dealkylation sites (N-methyl/N-ethyl adjacent to an activating group) is 1. The zero-order chi connectivity index (χ0) is 10.3. The lowest BCUT2D eigenvalue weighted by Gasteiger charge is -2.23. The normalized spacial score (nSPS) is 11.7. The Morgan fingerprint density at radius 2 is 2.00 bits per heavy atom. The quantitative estimate of drug-likeness (QED) is 0.645. The minimum absolute atomic E-state index is 0.204. The fourth-order valence-electron chi connectivity index (χ4n) is 1.07. The number of nitrogens with zero attached hydrogens (tertiary/aromatic N) is 1. The average Bonchev–Trinajstić information content (AvgIpc) is 2.01. The third kappa shape index (κ3) is 7.83. The molecule has 0 fully saturated rings. The minimum Gasteiger partial charge on any atom is -0.311 e. The first-order valence-corrected chi connectivity index (χ1v) is 4.90. The molecule has 0 bridgehead atoms. The first-order chi connectivity index (χ1) is 5.99. The van der Waals surface area contributed by atoms with Crippen molar-refractivity contribution in [3.05, 3.63) is 0 Å². The predicted molar refractivity (Wildman–Crippen MR) is 58.7 cm³/mol. The van der Waals surface area contributed by atoms with Gasteiger partial charge in [-0.25, -0.2) is 0 Å². The first-order valence-electron chi connectivity index (χ1n) is 4.90. The second-order valence-corrected chi connectivity index (χ2v) is 4.25. The Bertz CT molecular complexity index is 162. The highest BCUT2D eigenvalue weighted by atomic mass is 15.1. The van der Waals surface area contributed by atoms with E-state index in [1.165, 1.54) is 0 Å². The monoisotopic (exact) mass is 182 g/mol. The summed E-state index contributed by atoms with van der Waals surface area (Å²) in [6.45, 7) is 12.4. The van der Waals surface area contributed by atoms with Crippen LogP contribution in [-0.2, 0) is 0 Å². The van der Waals surface area contributed by atoms with Crippen LogP contribution >= 0.6 is 0 Å². The molecule has 13 heavy (non-hydrogen) atoms. The maximum absolute atomic E-state index is 5.25. The van der Waals surface area contributed by atoms with Gasteiger partial charge in [-0.05, 0) is 27.3 Å². The summed E-state index contributed by atoms with van der Waals surface area (Å²) in [5, 5.41) is 3.43. The van der Waals surface area contributed by atoms with E-state index in [1.54, 1.807) is 0 Å². The molecule has 76 valence electrons. The van der Waals surface area contributed by atoms with E-state index in [2.05, 4.69) is 43.8 Å². The van der Waals surface area contributed by atoms with Gasteiger partial charge in [0.25, 0.3) is 0 Å². The number of terminal acetylenes is 1. The predicted octanol–water partition coefficient (Wildman–Crippen LogP) is 1.33. The highest BCUT2D eigenvalue weighted by Gasteiger charge is 2.08. The van der Waals surface area contributed by atoms with E-state index in [4.69, 9.17) is 6.42 Å². The average molecular weight is 182 g/mol. The summed E-state index contributed by atoms with van der Waals surface area (Å²) >= 11 is 0. The Labute approximate surface area is 82.7 Å². The molecule has 0 aliphatic rings. The van der Waals surface area contributed by atoms with Crippen molar-refractivity contribution in [2.45, 2.75) is 33.2 Å². The summed E-state index contributed by atoms with van der Waals surface area (Å²) in [6.07, 6.45) is 5.25. The van der Waals surface area contributed by atoms with Gasteiger partial charge in [0, 0.05) is 18.6 Å². The molecule has 0 spiro atoms. The van der Waals surface area contributed by atoms with Crippen LogP contribution in [0.1, 0.15) is 27.7 Å². The van der Waals surface area contributed by atoms with Crippen molar-refractivity contribution in [1.82, 2.24) is 10.2 Å². The fraction of sp³-hybridized carbons (Fsp3) is 0.818. The Morgan fingerprint density at radius 1 is 1.38 bits per heavy atom. The topological polar surface area (TPSA) is 15.3 Å². The van der Waals surface area contributed by atoms with E-state index < -0.39 is 0 Å². The smallest absolute Gasteiger partial charge is 0.0599 e. The highest BCUT2D eigenvalue weighted by Crippen LogP contribution is 1.97. The standard InChI is InChI=1S/C11H22N2/c1-6-9-13(7-2)10-8-12-11(3,4)5/h1,12H,7-10H2,2-5H3.